The van der Waals surface area contributed by atoms with Gasteiger partial charge in [0.05, 0.1) is 12.8 Å². The van der Waals surface area contributed by atoms with Gasteiger partial charge in [0.2, 0.25) is 0 Å². The summed E-state index contributed by atoms with van der Waals surface area (Å²) in [5.74, 6) is -1.03. The van der Waals surface area contributed by atoms with E-state index in [0.717, 1.165) is 11.3 Å². The van der Waals surface area contributed by atoms with E-state index in [4.69, 9.17) is 10.5 Å². The van der Waals surface area contributed by atoms with Crippen molar-refractivity contribution in [3.8, 4) is 5.75 Å². The van der Waals surface area contributed by atoms with Crippen LogP contribution in [0.15, 0.2) is 36.4 Å². The number of anilines is 1. The van der Waals surface area contributed by atoms with E-state index in [1.807, 2.05) is 24.3 Å². The van der Waals surface area contributed by atoms with E-state index < -0.39 is 11.6 Å². The fourth-order valence-corrected chi connectivity index (χ4v) is 2.16. The average Bonchev–Trinajstić information content (AvgIpc) is 2.50. The standard InChI is InChI=1S/C16H18F2N2O/c1-20(10-11-4-3-5-13(8-11)21-2)14-7-6-12(9-19)15(17)16(14)18/h3-8H,9-10,19H2,1-2H3. The van der Waals surface area contributed by atoms with Crippen LogP contribution in [0.4, 0.5) is 14.5 Å². The summed E-state index contributed by atoms with van der Waals surface area (Å²) in [6, 6.07) is 10.5. The molecule has 3 nitrogen and oxygen atoms in total. The van der Waals surface area contributed by atoms with E-state index >= 15 is 0 Å². The normalized spacial score (nSPS) is 10.5. The second-order valence-corrected chi connectivity index (χ2v) is 4.78. The SMILES string of the molecule is COc1cccc(CN(C)c2ccc(CN)c(F)c2F)c1. The number of nitrogens with zero attached hydrogens (tertiary/aromatic N) is 1. The summed E-state index contributed by atoms with van der Waals surface area (Å²) in [6.45, 7) is 0.415. The molecule has 2 rings (SSSR count). The van der Waals surface area contributed by atoms with E-state index in [1.54, 1.807) is 25.1 Å². The van der Waals surface area contributed by atoms with Gasteiger partial charge in [-0.25, -0.2) is 8.78 Å². The lowest BCUT2D eigenvalue weighted by Crippen LogP contribution is -2.19. The van der Waals surface area contributed by atoms with Gasteiger partial charge < -0.3 is 15.4 Å². The molecule has 0 heterocycles. The Bertz CT molecular complexity index is 632. The predicted octanol–water partition coefficient (Wildman–Crippen LogP) is 3.07. The highest BCUT2D eigenvalue weighted by atomic mass is 19.2. The number of ether oxygens (including phenoxy) is 1. The summed E-state index contributed by atoms with van der Waals surface area (Å²) in [5.41, 5.74) is 6.68. The molecule has 2 aromatic carbocycles. The molecule has 2 N–H and O–H groups in total. The molecule has 2 aromatic rings. The quantitative estimate of drug-likeness (QED) is 0.920. The largest absolute Gasteiger partial charge is 0.497 e. The minimum absolute atomic E-state index is 0.0252. The average molecular weight is 292 g/mol. The van der Waals surface area contributed by atoms with Crippen LogP contribution in [0.1, 0.15) is 11.1 Å². The fraction of sp³-hybridized carbons (Fsp3) is 0.250. The first-order valence-electron chi connectivity index (χ1n) is 6.57. The fourth-order valence-electron chi connectivity index (χ4n) is 2.16. The van der Waals surface area contributed by atoms with Crippen molar-refractivity contribution in [1.82, 2.24) is 0 Å². The molecule has 5 heteroatoms. The van der Waals surface area contributed by atoms with E-state index in [1.165, 1.54) is 6.07 Å². The zero-order chi connectivity index (χ0) is 15.4. The van der Waals surface area contributed by atoms with Gasteiger partial charge in [-0.15, -0.1) is 0 Å². The number of halogens is 2. The van der Waals surface area contributed by atoms with E-state index in [2.05, 4.69) is 0 Å². The van der Waals surface area contributed by atoms with E-state index in [9.17, 15) is 8.78 Å². The van der Waals surface area contributed by atoms with Crippen LogP contribution in [0, 0.1) is 11.6 Å². The first-order valence-corrected chi connectivity index (χ1v) is 6.57. The zero-order valence-electron chi connectivity index (χ0n) is 12.1. The maximum absolute atomic E-state index is 14.1. The number of rotatable bonds is 5. The third-order valence-corrected chi connectivity index (χ3v) is 3.33. The Kier molecular flexibility index (Phi) is 4.75. The first kappa shape index (κ1) is 15.3. The van der Waals surface area contributed by atoms with Gasteiger partial charge in [0.1, 0.15) is 5.75 Å². The van der Waals surface area contributed by atoms with Gasteiger partial charge in [-0.05, 0) is 23.8 Å². The van der Waals surface area contributed by atoms with Crippen molar-refractivity contribution in [3.63, 3.8) is 0 Å². The van der Waals surface area contributed by atoms with Crippen LogP contribution in [0.25, 0.3) is 0 Å². The third-order valence-electron chi connectivity index (χ3n) is 3.33. The molecule has 0 aliphatic carbocycles. The lowest BCUT2D eigenvalue weighted by Gasteiger charge is -2.21. The molecule has 0 unspecified atom stereocenters. The van der Waals surface area contributed by atoms with Gasteiger partial charge in [-0.2, -0.15) is 0 Å². The molecule has 0 atom stereocenters. The number of benzene rings is 2. The van der Waals surface area contributed by atoms with Crippen LogP contribution in [-0.4, -0.2) is 14.2 Å². The van der Waals surface area contributed by atoms with Crippen molar-refractivity contribution in [1.29, 1.82) is 0 Å². The van der Waals surface area contributed by atoms with Crippen molar-refractivity contribution >= 4 is 5.69 Å². The summed E-state index contributed by atoms with van der Waals surface area (Å²) >= 11 is 0. The van der Waals surface area contributed by atoms with Gasteiger partial charge in [-0.3, -0.25) is 0 Å². The molecule has 0 amide bonds. The Balaban J connectivity index is 2.24. The summed E-state index contributed by atoms with van der Waals surface area (Å²) in [4.78, 5) is 1.65. The van der Waals surface area contributed by atoms with Gasteiger partial charge >= 0.3 is 0 Å². The van der Waals surface area contributed by atoms with E-state index in [-0.39, 0.29) is 17.8 Å². The summed E-state index contributed by atoms with van der Waals surface area (Å²) in [6.07, 6.45) is 0. The lowest BCUT2D eigenvalue weighted by molar-refractivity contribution is 0.414. The number of methoxy groups -OCH3 is 1. The molecule has 0 aliphatic heterocycles. The smallest absolute Gasteiger partial charge is 0.182 e. The number of nitrogens with two attached hydrogens (primary N) is 1. The highest BCUT2D eigenvalue weighted by Crippen LogP contribution is 2.25. The van der Waals surface area contributed by atoms with Crippen molar-refractivity contribution in [2.75, 3.05) is 19.1 Å². The molecule has 0 saturated heterocycles. The molecule has 0 spiro atoms. The van der Waals surface area contributed by atoms with Crippen molar-refractivity contribution in [2.24, 2.45) is 5.73 Å². The Morgan fingerprint density at radius 3 is 2.57 bits per heavy atom. The lowest BCUT2D eigenvalue weighted by atomic mass is 10.1. The molecule has 0 bridgehead atoms. The Morgan fingerprint density at radius 1 is 1.14 bits per heavy atom. The monoisotopic (exact) mass is 292 g/mol. The molecule has 0 aliphatic rings. The molecular formula is C16H18F2N2O. The third kappa shape index (κ3) is 3.31. The second-order valence-electron chi connectivity index (χ2n) is 4.78. The van der Waals surface area contributed by atoms with Crippen molar-refractivity contribution in [2.45, 2.75) is 13.1 Å². The maximum Gasteiger partial charge on any atom is 0.182 e. The van der Waals surface area contributed by atoms with Crippen molar-refractivity contribution < 1.29 is 13.5 Å². The highest BCUT2D eigenvalue weighted by Gasteiger charge is 2.15. The Morgan fingerprint density at radius 2 is 1.90 bits per heavy atom. The van der Waals surface area contributed by atoms with Crippen molar-refractivity contribution in [3.05, 3.63) is 59.2 Å². The van der Waals surface area contributed by atoms with Crippen LogP contribution in [0.5, 0.6) is 5.75 Å². The molecule has 21 heavy (non-hydrogen) atoms. The minimum atomic E-state index is -0.882. The van der Waals surface area contributed by atoms with E-state index in [0.29, 0.717) is 6.54 Å². The molecule has 0 radical (unpaired) electrons. The number of hydrogen-bond donors (Lipinski definition) is 1. The van der Waals surface area contributed by atoms with Gasteiger partial charge in [0, 0.05) is 25.7 Å². The maximum atomic E-state index is 14.1. The summed E-state index contributed by atoms with van der Waals surface area (Å²) in [7, 11) is 3.29. The number of hydrogen-bond acceptors (Lipinski definition) is 3. The molecular weight excluding hydrogens is 274 g/mol. The minimum Gasteiger partial charge on any atom is -0.497 e. The summed E-state index contributed by atoms with van der Waals surface area (Å²) in [5, 5.41) is 0. The van der Waals surface area contributed by atoms with Crippen LogP contribution >= 0.6 is 0 Å². The zero-order valence-corrected chi connectivity index (χ0v) is 12.1. The molecule has 0 aromatic heterocycles. The van der Waals surface area contributed by atoms with Crippen LogP contribution < -0.4 is 15.4 Å². The van der Waals surface area contributed by atoms with Gasteiger partial charge in [0.15, 0.2) is 11.6 Å². The Hall–Kier alpha value is -2.14. The highest BCUT2D eigenvalue weighted by molar-refractivity contribution is 5.50. The van der Waals surface area contributed by atoms with Gasteiger partial charge in [-0.1, -0.05) is 18.2 Å². The summed E-state index contributed by atoms with van der Waals surface area (Å²) < 4.78 is 33.0. The first-order chi connectivity index (χ1) is 10.1. The van der Waals surface area contributed by atoms with Crippen LogP contribution in [-0.2, 0) is 13.1 Å². The Labute approximate surface area is 122 Å². The topological polar surface area (TPSA) is 38.5 Å². The van der Waals surface area contributed by atoms with Gasteiger partial charge in [0.25, 0.3) is 0 Å². The second kappa shape index (κ2) is 6.54. The molecule has 0 saturated carbocycles. The van der Waals surface area contributed by atoms with Crippen LogP contribution in [0.2, 0.25) is 0 Å². The van der Waals surface area contributed by atoms with Crippen LogP contribution in [0.3, 0.4) is 0 Å². The predicted molar refractivity (Wildman–Crippen MR) is 79.4 cm³/mol. The molecule has 112 valence electrons. The molecule has 0 fully saturated rings.